The van der Waals surface area contributed by atoms with Gasteiger partial charge in [0.2, 0.25) is 0 Å². The molecule has 2 rings (SSSR count). The Morgan fingerprint density at radius 3 is 2.71 bits per heavy atom. The summed E-state index contributed by atoms with van der Waals surface area (Å²) in [7, 11) is 0. The van der Waals surface area contributed by atoms with Crippen molar-refractivity contribution in [1.29, 1.82) is 0 Å². The van der Waals surface area contributed by atoms with Gasteiger partial charge >= 0.3 is 0 Å². The SMILES string of the molecule is CC(CNCC1CCNC1C)C1CC1. The highest BCUT2D eigenvalue weighted by Crippen LogP contribution is 2.36. The Morgan fingerprint density at radius 1 is 1.36 bits per heavy atom. The highest BCUT2D eigenvalue weighted by Gasteiger charge is 2.28. The molecule has 0 aromatic heterocycles. The van der Waals surface area contributed by atoms with Gasteiger partial charge in [-0.15, -0.1) is 0 Å². The average molecular weight is 196 g/mol. The van der Waals surface area contributed by atoms with Crippen molar-refractivity contribution < 1.29 is 0 Å². The predicted octanol–water partition coefficient (Wildman–Crippen LogP) is 1.62. The van der Waals surface area contributed by atoms with E-state index in [1.54, 1.807) is 0 Å². The van der Waals surface area contributed by atoms with Gasteiger partial charge in [-0.05, 0) is 63.6 Å². The molecule has 14 heavy (non-hydrogen) atoms. The molecule has 2 nitrogen and oxygen atoms in total. The second kappa shape index (κ2) is 4.63. The minimum atomic E-state index is 0.721. The maximum absolute atomic E-state index is 3.64. The van der Waals surface area contributed by atoms with Crippen LogP contribution in [0.3, 0.4) is 0 Å². The van der Waals surface area contributed by atoms with E-state index in [4.69, 9.17) is 0 Å². The van der Waals surface area contributed by atoms with E-state index >= 15 is 0 Å². The zero-order chi connectivity index (χ0) is 9.97. The smallest absolute Gasteiger partial charge is 0.00795 e. The summed E-state index contributed by atoms with van der Waals surface area (Å²) in [4.78, 5) is 0. The predicted molar refractivity (Wildman–Crippen MR) is 60.3 cm³/mol. The second-order valence-electron chi connectivity index (χ2n) is 5.26. The Labute approximate surface area is 87.8 Å². The first-order chi connectivity index (χ1) is 6.77. The monoisotopic (exact) mass is 196 g/mol. The third-order valence-electron chi connectivity index (χ3n) is 3.99. The van der Waals surface area contributed by atoms with E-state index in [2.05, 4.69) is 24.5 Å². The van der Waals surface area contributed by atoms with Crippen molar-refractivity contribution in [3.05, 3.63) is 0 Å². The number of rotatable bonds is 5. The summed E-state index contributed by atoms with van der Waals surface area (Å²) < 4.78 is 0. The Balaban J connectivity index is 1.57. The van der Waals surface area contributed by atoms with Gasteiger partial charge in [0.1, 0.15) is 0 Å². The molecule has 1 saturated carbocycles. The highest BCUT2D eigenvalue weighted by atomic mass is 15.0. The zero-order valence-electron chi connectivity index (χ0n) is 9.55. The van der Waals surface area contributed by atoms with Gasteiger partial charge in [0.25, 0.3) is 0 Å². The molecule has 2 heteroatoms. The van der Waals surface area contributed by atoms with Gasteiger partial charge in [0, 0.05) is 6.04 Å². The number of hydrogen-bond donors (Lipinski definition) is 2. The lowest BCUT2D eigenvalue weighted by atomic mass is 10.0. The van der Waals surface area contributed by atoms with E-state index in [1.165, 1.54) is 38.9 Å². The molecule has 2 N–H and O–H groups in total. The second-order valence-corrected chi connectivity index (χ2v) is 5.26. The molecule has 1 aliphatic carbocycles. The molecule has 0 bridgehead atoms. The van der Waals surface area contributed by atoms with Crippen LogP contribution in [-0.2, 0) is 0 Å². The fourth-order valence-corrected chi connectivity index (χ4v) is 2.52. The third kappa shape index (κ3) is 2.71. The molecule has 82 valence electrons. The van der Waals surface area contributed by atoms with Gasteiger partial charge in [-0.1, -0.05) is 6.92 Å². The average Bonchev–Trinajstić information content (AvgIpc) is 2.93. The molecule has 1 saturated heterocycles. The van der Waals surface area contributed by atoms with Gasteiger partial charge in [-0.25, -0.2) is 0 Å². The van der Waals surface area contributed by atoms with E-state index in [0.29, 0.717) is 0 Å². The summed E-state index contributed by atoms with van der Waals surface area (Å²) in [6, 6.07) is 0.721. The fourth-order valence-electron chi connectivity index (χ4n) is 2.52. The van der Waals surface area contributed by atoms with Crippen molar-refractivity contribution in [3.63, 3.8) is 0 Å². The first-order valence-corrected chi connectivity index (χ1v) is 6.21. The van der Waals surface area contributed by atoms with Crippen LogP contribution >= 0.6 is 0 Å². The van der Waals surface area contributed by atoms with Crippen molar-refractivity contribution >= 4 is 0 Å². The lowest BCUT2D eigenvalue weighted by Crippen LogP contribution is -2.33. The van der Waals surface area contributed by atoms with Gasteiger partial charge in [-0.3, -0.25) is 0 Å². The summed E-state index contributed by atoms with van der Waals surface area (Å²) in [6.45, 7) is 8.36. The van der Waals surface area contributed by atoms with E-state index in [1.807, 2.05) is 0 Å². The Hall–Kier alpha value is -0.0800. The summed E-state index contributed by atoms with van der Waals surface area (Å²) >= 11 is 0. The zero-order valence-corrected chi connectivity index (χ0v) is 9.55. The fraction of sp³-hybridized carbons (Fsp3) is 1.00. The van der Waals surface area contributed by atoms with Crippen LogP contribution in [0, 0.1) is 17.8 Å². The Morgan fingerprint density at radius 2 is 2.14 bits per heavy atom. The number of nitrogens with one attached hydrogen (secondary N) is 2. The Bertz CT molecular complexity index is 177. The van der Waals surface area contributed by atoms with Gasteiger partial charge in [-0.2, -0.15) is 0 Å². The molecule has 2 aliphatic rings. The molecular weight excluding hydrogens is 172 g/mol. The van der Waals surface area contributed by atoms with Gasteiger partial charge in [0.15, 0.2) is 0 Å². The summed E-state index contributed by atoms with van der Waals surface area (Å²) in [5, 5.41) is 7.14. The molecule has 0 amide bonds. The largest absolute Gasteiger partial charge is 0.316 e. The van der Waals surface area contributed by atoms with Crippen molar-refractivity contribution in [1.82, 2.24) is 10.6 Å². The molecule has 0 radical (unpaired) electrons. The van der Waals surface area contributed by atoms with Crippen LogP contribution in [-0.4, -0.2) is 25.7 Å². The van der Waals surface area contributed by atoms with Crippen molar-refractivity contribution in [2.45, 2.75) is 39.2 Å². The van der Waals surface area contributed by atoms with Gasteiger partial charge in [0.05, 0.1) is 0 Å². The topological polar surface area (TPSA) is 24.1 Å². The van der Waals surface area contributed by atoms with E-state index in [-0.39, 0.29) is 0 Å². The van der Waals surface area contributed by atoms with Crippen LogP contribution < -0.4 is 10.6 Å². The molecule has 0 aromatic carbocycles. The van der Waals surface area contributed by atoms with E-state index in [0.717, 1.165) is 23.8 Å². The van der Waals surface area contributed by atoms with Crippen LogP contribution in [0.25, 0.3) is 0 Å². The molecule has 2 fully saturated rings. The molecular formula is C12H24N2. The lowest BCUT2D eigenvalue weighted by molar-refractivity contribution is 0.398. The molecule has 1 heterocycles. The molecule has 1 aliphatic heterocycles. The van der Waals surface area contributed by atoms with Crippen LogP contribution in [0.2, 0.25) is 0 Å². The van der Waals surface area contributed by atoms with E-state index < -0.39 is 0 Å². The van der Waals surface area contributed by atoms with Crippen LogP contribution in [0.15, 0.2) is 0 Å². The van der Waals surface area contributed by atoms with Gasteiger partial charge < -0.3 is 10.6 Å². The first kappa shape index (κ1) is 10.4. The normalized spacial score (nSPS) is 34.7. The van der Waals surface area contributed by atoms with E-state index in [9.17, 15) is 0 Å². The molecule has 3 atom stereocenters. The minimum Gasteiger partial charge on any atom is -0.316 e. The third-order valence-corrected chi connectivity index (χ3v) is 3.99. The van der Waals surface area contributed by atoms with Crippen molar-refractivity contribution in [3.8, 4) is 0 Å². The highest BCUT2D eigenvalue weighted by molar-refractivity contribution is 4.83. The lowest BCUT2D eigenvalue weighted by Gasteiger charge is -2.17. The first-order valence-electron chi connectivity index (χ1n) is 6.21. The van der Waals surface area contributed by atoms with Crippen LogP contribution in [0.4, 0.5) is 0 Å². The standard InChI is InChI=1S/C12H24N2/c1-9(11-3-4-11)7-13-8-12-5-6-14-10(12)2/h9-14H,3-8H2,1-2H3. The van der Waals surface area contributed by atoms with Crippen LogP contribution in [0.5, 0.6) is 0 Å². The van der Waals surface area contributed by atoms with Crippen molar-refractivity contribution in [2.75, 3.05) is 19.6 Å². The number of hydrogen-bond acceptors (Lipinski definition) is 2. The summed E-state index contributed by atoms with van der Waals surface area (Å²) in [5.41, 5.74) is 0. The molecule has 0 spiro atoms. The maximum Gasteiger partial charge on any atom is 0.00795 e. The molecule has 0 aromatic rings. The summed E-state index contributed by atoms with van der Waals surface area (Å²) in [6.07, 6.45) is 4.31. The molecule has 3 unspecified atom stereocenters. The van der Waals surface area contributed by atoms with Crippen molar-refractivity contribution in [2.24, 2.45) is 17.8 Å². The van der Waals surface area contributed by atoms with Crippen LogP contribution in [0.1, 0.15) is 33.1 Å². The maximum atomic E-state index is 3.64. The summed E-state index contributed by atoms with van der Waals surface area (Å²) in [5.74, 6) is 2.81. The quantitative estimate of drug-likeness (QED) is 0.698. The minimum absolute atomic E-state index is 0.721. The Kier molecular flexibility index (Phi) is 3.45.